The minimum absolute atomic E-state index is 0.969. The Hall–Kier alpha value is -0.860. The average Bonchev–Trinajstić information content (AvgIpc) is 2.10. The molecule has 1 rings (SSSR count). The molecule has 2 nitrogen and oxygen atoms in total. The topological polar surface area (TPSA) is 15.3 Å². The third-order valence-electron chi connectivity index (χ3n) is 2.35. The summed E-state index contributed by atoms with van der Waals surface area (Å²) in [6.07, 6.45) is 0. The number of aryl methyl sites for hydroxylation is 2. The van der Waals surface area contributed by atoms with E-state index in [1.165, 1.54) is 16.7 Å². The molecule has 0 amide bonds. The number of rotatable bonds is 5. The Morgan fingerprint density at radius 3 is 2.20 bits per heavy atom. The predicted molar refractivity (Wildman–Crippen MR) is 66.2 cm³/mol. The molecule has 0 saturated carbocycles. The molecule has 15 heavy (non-hydrogen) atoms. The molecule has 1 N–H and O–H groups in total. The number of hydrogen-bond donors (Lipinski definition) is 1. The lowest BCUT2D eigenvalue weighted by molar-refractivity contribution is 0.400. The van der Waals surface area contributed by atoms with Crippen molar-refractivity contribution < 1.29 is 0 Å². The van der Waals surface area contributed by atoms with Crippen molar-refractivity contribution in [3.8, 4) is 0 Å². The summed E-state index contributed by atoms with van der Waals surface area (Å²) in [5, 5.41) is 3.45. The SMILES string of the molecule is Cc1cc(C)cc(CNCCN(C)C)c1. The molecule has 0 heterocycles. The fourth-order valence-electron chi connectivity index (χ4n) is 1.71. The van der Waals surface area contributed by atoms with Gasteiger partial charge in [-0.25, -0.2) is 0 Å². The molecule has 0 bridgehead atoms. The first-order valence-electron chi connectivity index (χ1n) is 5.50. The van der Waals surface area contributed by atoms with Crippen LogP contribution in [-0.2, 0) is 6.54 Å². The van der Waals surface area contributed by atoms with Crippen LogP contribution in [0.2, 0.25) is 0 Å². The Bertz CT molecular complexity index is 285. The van der Waals surface area contributed by atoms with Crippen molar-refractivity contribution in [3.63, 3.8) is 0 Å². The second kappa shape index (κ2) is 5.89. The number of benzene rings is 1. The van der Waals surface area contributed by atoms with Crippen LogP contribution in [0.5, 0.6) is 0 Å². The van der Waals surface area contributed by atoms with Crippen LogP contribution in [0.4, 0.5) is 0 Å². The molecular formula is C13H22N2. The van der Waals surface area contributed by atoms with Gasteiger partial charge < -0.3 is 10.2 Å². The van der Waals surface area contributed by atoms with Crippen LogP contribution in [0, 0.1) is 13.8 Å². The highest BCUT2D eigenvalue weighted by Crippen LogP contribution is 2.08. The minimum atomic E-state index is 0.969. The maximum atomic E-state index is 3.45. The van der Waals surface area contributed by atoms with Crippen LogP contribution < -0.4 is 5.32 Å². The highest BCUT2D eigenvalue weighted by Gasteiger charge is 1.96. The normalized spacial score (nSPS) is 11.0. The molecule has 0 aliphatic heterocycles. The van der Waals surface area contributed by atoms with Gasteiger partial charge in [-0.3, -0.25) is 0 Å². The molecule has 0 aliphatic carbocycles. The fraction of sp³-hybridized carbons (Fsp3) is 0.538. The smallest absolute Gasteiger partial charge is 0.0206 e. The van der Waals surface area contributed by atoms with E-state index in [1.807, 2.05) is 0 Å². The highest BCUT2D eigenvalue weighted by atomic mass is 15.1. The van der Waals surface area contributed by atoms with Crippen molar-refractivity contribution in [2.75, 3.05) is 27.2 Å². The monoisotopic (exact) mass is 206 g/mol. The maximum Gasteiger partial charge on any atom is 0.0206 e. The van der Waals surface area contributed by atoms with E-state index in [1.54, 1.807) is 0 Å². The summed E-state index contributed by atoms with van der Waals surface area (Å²) in [5.74, 6) is 0. The van der Waals surface area contributed by atoms with E-state index in [0.29, 0.717) is 0 Å². The largest absolute Gasteiger partial charge is 0.311 e. The van der Waals surface area contributed by atoms with Crippen molar-refractivity contribution in [2.24, 2.45) is 0 Å². The van der Waals surface area contributed by atoms with Gasteiger partial charge in [0.15, 0.2) is 0 Å². The van der Waals surface area contributed by atoms with Gasteiger partial charge in [-0.15, -0.1) is 0 Å². The van der Waals surface area contributed by atoms with Crippen LogP contribution in [0.25, 0.3) is 0 Å². The first-order valence-corrected chi connectivity index (χ1v) is 5.50. The molecule has 0 atom stereocenters. The number of nitrogens with one attached hydrogen (secondary N) is 1. The van der Waals surface area contributed by atoms with Crippen LogP contribution in [0.15, 0.2) is 18.2 Å². The molecule has 0 unspecified atom stereocenters. The molecule has 0 fully saturated rings. The second-order valence-corrected chi connectivity index (χ2v) is 4.48. The molecule has 0 saturated heterocycles. The second-order valence-electron chi connectivity index (χ2n) is 4.48. The average molecular weight is 206 g/mol. The van der Waals surface area contributed by atoms with Gasteiger partial charge in [-0.05, 0) is 33.5 Å². The Morgan fingerprint density at radius 2 is 1.67 bits per heavy atom. The minimum Gasteiger partial charge on any atom is -0.311 e. The summed E-state index contributed by atoms with van der Waals surface area (Å²) in [4.78, 5) is 2.19. The van der Waals surface area contributed by atoms with Gasteiger partial charge in [0.1, 0.15) is 0 Å². The van der Waals surface area contributed by atoms with Gasteiger partial charge in [0.05, 0.1) is 0 Å². The van der Waals surface area contributed by atoms with Gasteiger partial charge in [0, 0.05) is 19.6 Å². The molecular weight excluding hydrogens is 184 g/mol. The lowest BCUT2D eigenvalue weighted by atomic mass is 10.1. The third-order valence-corrected chi connectivity index (χ3v) is 2.35. The quantitative estimate of drug-likeness (QED) is 0.741. The van der Waals surface area contributed by atoms with E-state index < -0.39 is 0 Å². The summed E-state index contributed by atoms with van der Waals surface area (Å²) in [7, 11) is 4.19. The van der Waals surface area contributed by atoms with Crippen LogP contribution >= 0.6 is 0 Å². The third kappa shape index (κ3) is 4.96. The fourth-order valence-corrected chi connectivity index (χ4v) is 1.71. The van der Waals surface area contributed by atoms with Gasteiger partial charge >= 0.3 is 0 Å². The zero-order chi connectivity index (χ0) is 11.3. The highest BCUT2D eigenvalue weighted by molar-refractivity contribution is 5.28. The van der Waals surface area contributed by atoms with E-state index in [0.717, 1.165) is 19.6 Å². The van der Waals surface area contributed by atoms with Crippen LogP contribution in [0.3, 0.4) is 0 Å². The van der Waals surface area contributed by atoms with Crippen molar-refractivity contribution in [2.45, 2.75) is 20.4 Å². The number of nitrogens with zero attached hydrogens (tertiary/aromatic N) is 1. The van der Waals surface area contributed by atoms with E-state index >= 15 is 0 Å². The zero-order valence-electron chi connectivity index (χ0n) is 10.3. The van der Waals surface area contributed by atoms with Gasteiger partial charge in [-0.1, -0.05) is 29.3 Å². The van der Waals surface area contributed by atoms with Gasteiger partial charge in [0.2, 0.25) is 0 Å². The number of likely N-dealkylation sites (N-methyl/N-ethyl adjacent to an activating group) is 1. The van der Waals surface area contributed by atoms with Crippen molar-refractivity contribution in [1.29, 1.82) is 0 Å². The van der Waals surface area contributed by atoms with Crippen LogP contribution in [-0.4, -0.2) is 32.1 Å². The van der Waals surface area contributed by atoms with Gasteiger partial charge in [0.25, 0.3) is 0 Å². The van der Waals surface area contributed by atoms with Crippen molar-refractivity contribution in [3.05, 3.63) is 34.9 Å². The van der Waals surface area contributed by atoms with E-state index in [-0.39, 0.29) is 0 Å². The van der Waals surface area contributed by atoms with Gasteiger partial charge in [-0.2, -0.15) is 0 Å². The first kappa shape index (κ1) is 12.2. The molecule has 1 aromatic carbocycles. The summed E-state index contributed by atoms with van der Waals surface area (Å²) in [5.41, 5.74) is 4.07. The maximum absolute atomic E-state index is 3.45. The lowest BCUT2D eigenvalue weighted by Gasteiger charge is -2.11. The molecule has 2 heteroatoms. The Morgan fingerprint density at radius 1 is 1.07 bits per heavy atom. The van der Waals surface area contributed by atoms with E-state index in [9.17, 15) is 0 Å². The molecule has 0 radical (unpaired) electrons. The van der Waals surface area contributed by atoms with E-state index in [4.69, 9.17) is 0 Å². The molecule has 1 aromatic rings. The summed E-state index contributed by atoms with van der Waals surface area (Å²) in [6, 6.07) is 6.70. The summed E-state index contributed by atoms with van der Waals surface area (Å²) in [6.45, 7) is 7.40. The molecule has 84 valence electrons. The lowest BCUT2D eigenvalue weighted by Crippen LogP contribution is -2.26. The first-order chi connectivity index (χ1) is 7.08. The molecule has 0 spiro atoms. The van der Waals surface area contributed by atoms with Crippen molar-refractivity contribution in [1.82, 2.24) is 10.2 Å². The van der Waals surface area contributed by atoms with E-state index in [2.05, 4.69) is 56.4 Å². The Labute approximate surface area is 93.3 Å². The summed E-state index contributed by atoms with van der Waals surface area (Å²) < 4.78 is 0. The van der Waals surface area contributed by atoms with Crippen LogP contribution in [0.1, 0.15) is 16.7 Å². The molecule has 0 aromatic heterocycles. The Kier molecular flexibility index (Phi) is 4.79. The summed E-state index contributed by atoms with van der Waals surface area (Å²) >= 11 is 0. The zero-order valence-corrected chi connectivity index (χ0v) is 10.3. The predicted octanol–water partition coefficient (Wildman–Crippen LogP) is 1.95. The Balaban J connectivity index is 2.37. The standard InChI is InChI=1S/C13H22N2/c1-11-7-12(2)9-13(8-11)10-14-5-6-15(3)4/h7-9,14H,5-6,10H2,1-4H3. The van der Waals surface area contributed by atoms with Crippen molar-refractivity contribution >= 4 is 0 Å². The molecule has 0 aliphatic rings. The number of hydrogen-bond acceptors (Lipinski definition) is 2.